The number of carbonyl (C=O) groups is 1. The number of carboxylic acid groups (broad SMARTS) is 1. The second-order valence-corrected chi connectivity index (χ2v) is 4.75. The summed E-state index contributed by atoms with van der Waals surface area (Å²) >= 11 is 0. The molecule has 0 amide bonds. The number of aromatic nitrogens is 5. The average molecular weight is 285 g/mol. The second-order valence-electron chi connectivity index (χ2n) is 4.75. The molecule has 3 rings (SSSR count). The number of nitriles is 1. The van der Waals surface area contributed by atoms with Crippen molar-refractivity contribution in [3.05, 3.63) is 29.3 Å². The summed E-state index contributed by atoms with van der Waals surface area (Å²) in [5.41, 5.74) is 0.982. The molecule has 1 N–H and O–H groups in total. The Balaban J connectivity index is 1.72. The van der Waals surface area contributed by atoms with Crippen LogP contribution in [-0.2, 0) is 0 Å². The lowest BCUT2D eigenvalue weighted by molar-refractivity contribution is 0.0690. The number of carboxylic acids is 1. The second kappa shape index (κ2) is 4.82. The van der Waals surface area contributed by atoms with Gasteiger partial charge in [-0.2, -0.15) is 5.26 Å². The Hall–Kier alpha value is -3.02. The van der Waals surface area contributed by atoms with E-state index in [4.69, 9.17) is 10.4 Å². The molecule has 2 aromatic heterocycles. The minimum absolute atomic E-state index is 0.0280. The first-order chi connectivity index (χ1) is 10.1. The van der Waals surface area contributed by atoms with E-state index >= 15 is 0 Å². The molecule has 9 nitrogen and oxygen atoms in total. The van der Waals surface area contributed by atoms with E-state index in [2.05, 4.69) is 20.3 Å². The van der Waals surface area contributed by atoms with E-state index in [-0.39, 0.29) is 11.7 Å². The highest BCUT2D eigenvalue weighted by atomic mass is 16.4. The van der Waals surface area contributed by atoms with Crippen LogP contribution in [0.4, 0.5) is 5.95 Å². The smallest absolute Gasteiger partial charge is 0.358 e. The molecule has 1 aliphatic rings. The first kappa shape index (κ1) is 13.0. The summed E-state index contributed by atoms with van der Waals surface area (Å²) in [4.78, 5) is 21.1. The van der Waals surface area contributed by atoms with Gasteiger partial charge in [0.05, 0.1) is 12.2 Å². The summed E-state index contributed by atoms with van der Waals surface area (Å²) in [5.74, 6) is -0.598. The van der Waals surface area contributed by atoms with Gasteiger partial charge in [-0.05, 0) is 13.0 Å². The van der Waals surface area contributed by atoms with Gasteiger partial charge in [0.1, 0.15) is 11.8 Å². The monoisotopic (exact) mass is 285 g/mol. The SMILES string of the molecule is Cc1cc(C#N)nc(N2CC(n3cc(C(=O)O)nn3)C2)n1. The molecule has 0 aromatic carbocycles. The average Bonchev–Trinajstić information content (AvgIpc) is 2.86. The van der Waals surface area contributed by atoms with Crippen LogP contribution in [0.5, 0.6) is 0 Å². The Morgan fingerprint density at radius 2 is 2.24 bits per heavy atom. The Kier molecular flexibility index (Phi) is 2.98. The van der Waals surface area contributed by atoms with Gasteiger partial charge in [0.25, 0.3) is 0 Å². The van der Waals surface area contributed by atoms with Crippen LogP contribution in [0.25, 0.3) is 0 Å². The molecule has 1 aliphatic heterocycles. The van der Waals surface area contributed by atoms with Crippen molar-refractivity contribution in [1.82, 2.24) is 25.0 Å². The van der Waals surface area contributed by atoms with Crippen LogP contribution in [0.2, 0.25) is 0 Å². The fraction of sp³-hybridized carbons (Fsp3) is 0.333. The van der Waals surface area contributed by atoms with Crippen LogP contribution in [0.1, 0.15) is 27.9 Å². The summed E-state index contributed by atoms with van der Waals surface area (Å²) in [5, 5.41) is 25.1. The molecule has 0 radical (unpaired) electrons. The fourth-order valence-corrected chi connectivity index (χ4v) is 2.09. The molecular formula is C12H11N7O2. The third-order valence-corrected chi connectivity index (χ3v) is 3.21. The quantitative estimate of drug-likeness (QED) is 0.836. The maximum Gasteiger partial charge on any atom is 0.358 e. The van der Waals surface area contributed by atoms with E-state index in [9.17, 15) is 4.79 Å². The Morgan fingerprint density at radius 1 is 1.48 bits per heavy atom. The third-order valence-electron chi connectivity index (χ3n) is 3.21. The maximum atomic E-state index is 10.8. The van der Waals surface area contributed by atoms with Gasteiger partial charge in [0, 0.05) is 18.8 Å². The van der Waals surface area contributed by atoms with E-state index in [1.54, 1.807) is 13.0 Å². The van der Waals surface area contributed by atoms with Gasteiger partial charge in [-0.3, -0.25) is 0 Å². The lowest BCUT2D eigenvalue weighted by atomic mass is 10.1. The van der Waals surface area contributed by atoms with Crippen LogP contribution in [0.3, 0.4) is 0 Å². The third kappa shape index (κ3) is 2.38. The number of rotatable bonds is 3. The number of nitrogens with zero attached hydrogens (tertiary/aromatic N) is 7. The van der Waals surface area contributed by atoms with Crippen LogP contribution in [0.15, 0.2) is 12.3 Å². The van der Waals surface area contributed by atoms with Gasteiger partial charge in [0.2, 0.25) is 5.95 Å². The molecule has 21 heavy (non-hydrogen) atoms. The highest BCUT2D eigenvalue weighted by Crippen LogP contribution is 2.24. The number of aryl methyl sites for hydroxylation is 1. The molecule has 0 bridgehead atoms. The van der Waals surface area contributed by atoms with Crippen molar-refractivity contribution in [3.63, 3.8) is 0 Å². The fourth-order valence-electron chi connectivity index (χ4n) is 2.09. The maximum absolute atomic E-state index is 10.8. The van der Waals surface area contributed by atoms with Crippen molar-refractivity contribution in [2.45, 2.75) is 13.0 Å². The van der Waals surface area contributed by atoms with Crippen LogP contribution >= 0.6 is 0 Å². The van der Waals surface area contributed by atoms with E-state index < -0.39 is 5.97 Å². The van der Waals surface area contributed by atoms with Crippen LogP contribution in [-0.4, -0.2) is 49.1 Å². The van der Waals surface area contributed by atoms with Gasteiger partial charge in [-0.25, -0.2) is 19.4 Å². The number of aromatic carboxylic acids is 1. The molecule has 0 atom stereocenters. The van der Waals surface area contributed by atoms with Crippen molar-refractivity contribution in [1.29, 1.82) is 5.26 Å². The van der Waals surface area contributed by atoms with Crippen molar-refractivity contribution in [2.75, 3.05) is 18.0 Å². The largest absolute Gasteiger partial charge is 0.476 e. The molecule has 0 saturated carbocycles. The van der Waals surface area contributed by atoms with E-state index in [0.717, 1.165) is 5.69 Å². The minimum Gasteiger partial charge on any atom is -0.476 e. The number of anilines is 1. The lowest BCUT2D eigenvalue weighted by Crippen LogP contribution is -2.49. The first-order valence-electron chi connectivity index (χ1n) is 6.22. The summed E-state index contributed by atoms with van der Waals surface area (Å²) < 4.78 is 1.53. The van der Waals surface area contributed by atoms with Gasteiger partial charge in [0.15, 0.2) is 5.69 Å². The zero-order valence-electron chi connectivity index (χ0n) is 11.1. The van der Waals surface area contributed by atoms with E-state index in [1.807, 2.05) is 11.0 Å². The molecule has 9 heteroatoms. The minimum atomic E-state index is -1.10. The lowest BCUT2D eigenvalue weighted by Gasteiger charge is -2.38. The van der Waals surface area contributed by atoms with Gasteiger partial charge >= 0.3 is 5.97 Å². The molecule has 0 unspecified atom stereocenters. The highest BCUT2D eigenvalue weighted by molar-refractivity contribution is 5.84. The number of hydrogen-bond acceptors (Lipinski definition) is 7. The van der Waals surface area contributed by atoms with Gasteiger partial charge in [-0.1, -0.05) is 5.21 Å². The first-order valence-corrected chi connectivity index (χ1v) is 6.22. The Bertz CT molecular complexity index is 742. The van der Waals surface area contributed by atoms with E-state index in [0.29, 0.717) is 24.7 Å². The molecule has 3 heterocycles. The number of hydrogen-bond donors (Lipinski definition) is 1. The Labute approximate surface area is 119 Å². The highest BCUT2D eigenvalue weighted by Gasteiger charge is 2.31. The van der Waals surface area contributed by atoms with E-state index in [1.165, 1.54) is 10.9 Å². The van der Waals surface area contributed by atoms with Gasteiger partial charge < -0.3 is 10.0 Å². The molecule has 2 aromatic rings. The van der Waals surface area contributed by atoms with Gasteiger partial charge in [-0.15, -0.1) is 5.10 Å². The summed E-state index contributed by atoms with van der Waals surface area (Å²) in [6, 6.07) is 3.65. The predicted molar refractivity (Wildman–Crippen MR) is 69.7 cm³/mol. The normalized spacial score (nSPS) is 14.6. The van der Waals surface area contributed by atoms with Crippen molar-refractivity contribution in [2.24, 2.45) is 0 Å². The molecular weight excluding hydrogens is 274 g/mol. The van der Waals surface area contributed by atoms with Crippen LogP contribution < -0.4 is 4.90 Å². The zero-order valence-corrected chi connectivity index (χ0v) is 11.1. The van der Waals surface area contributed by atoms with Crippen molar-refractivity contribution in [3.8, 4) is 6.07 Å². The molecule has 106 valence electrons. The summed E-state index contributed by atoms with van der Waals surface area (Å²) in [7, 11) is 0. The standard InChI is InChI=1S/C12H11N7O2/c1-7-2-8(3-13)15-12(14-7)18-4-9(5-18)19-6-10(11(20)21)16-17-19/h2,6,9H,4-5H2,1H3,(H,20,21). The van der Waals surface area contributed by atoms with Crippen molar-refractivity contribution < 1.29 is 9.90 Å². The molecule has 1 saturated heterocycles. The van der Waals surface area contributed by atoms with Crippen LogP contribution in [0, 0.1) is 18.3 Å². The summed E-state index contributed by atoms with van der Waals surface area (Å²) in [6.45, 7) is 2.99. The molecule has 0 aliphatic carbocycles. The molecule has 0 spiro atoms. The topological polar surface area (TPSA) is 121 Å². The predicted octanol–water partition coefficient (Wildman–Crippen LogP) is 0.00770. The zero-order chi connectivity index (χ0) is 15.0. The van der Waals surface area contributed by atoms with Crippen molar-refractivity contribution >= 4 is 11.9 Å². The molecule has 1 fully saturated rings. The summed E-state index contributed by atoms with van der Waals surface area (Å²) in [6.07, 6.45) is 1.40. The Morgan fingerprint density at radius 3 is 2.86 bits per heavy atom.